The molecular weight excluding hydrogens is 510 g/mol. The van der Waals surface area contributed by atoms with E-state index in [1.165, 1.54) is 18.2 Å². The lowest BCUT2D eigenvalue weighted by molar-refractivity contribution is -0.403. The Bertz CT molecular complexity index is 826. The van der Waals surface area contributed by atoms with Crippen molar-refractivity contribution in [3.63, 3.8) is 0 Å². The van der Waals surface area contributed by atoms with Crippen molar-refractivity contribution in [2.24, 2.45) is 0 Å². The Balaban J connectivity index is 3.59. The van der Waals surface area contributed by atoms with Crippen LogP contribution in [0, 0.1) is 0 Å². The SMILES string of the molecule is C[SiH](C)C(=Cc1ccccc1)C(F)(F)C(F)(F)C(F)(F)C(F)(F)C(F)(F)C(F)CC(F)(F)F. The Labute approximate surface area is 179 Å². The van der Waals surface area contributed by atoms with Gasteiger partial charge >= 0.3 is 35.8 Å². The van der Waals surface area contributed by atoms with E-state index in [2.05, 4.69) is 0 Å². The van der Waals surface area contributed by atoms with Crippen LogP contribution in [0.5, 0.6) is 0 Å². The summed E-state index contributed by atoms with van der Waals surface area (Å²) in [5.74, 6) is -35.8. The minimum atomic E-state index is -7.66. The van der Waals surface area contributed by atoms with E-state index >= 15 is 0 Å². The molecule has 0 saturated carbocycles. The van der Waals surface area contributed by atoms with Crippen molar-refractivity contribution >= 4 is 14.9 Å². The minimum Gasteiger partial charge on any atom is -0.240 e. The smallest absolute Gasteiger partial charge is 0.240 e. The molecule has 0 aliphatic rings. The van der Waals surface area contributed by atoms with Crippen LogP contribution in [0.4, 0.5) is 61.5 Å². The summed E-state index contributed by atoms with van der Waals surface area (Å²) in [6.07, 6.45) is -14.2. The van der Waals surface area contributed by atoms with Gasteiger partial charge in [-0.05, 0) is 10.8 Å². The molecule has 0 nitrogen and oxygen atoms in total. The molecule has 190 valence electrons. The molecule has 0 aliphatic carbocycles. The number of alkyl halides is 14. The zero-order valence-electron chi connectivity index (χ0n) is 16.6. The highest BCUT2D eigenvalue weighted by Crippen LogP contribution is 2.60. The average Bonchev–Trinajstić information content (AvgIpc) is 2.64. The number of hydrogen-bond acceptors (Lipinski definition) is 0. The van der Waals surface area contributed by atoms with Crippen LogP contribution in [-0.4, -0.2) is 50.8 Å². The fourth-order valence-electron chi connectivity index (χ4n) is 2.66. The van der Waals surface area contributed by atoms with Crippen LogP contribution in [0.1, 0.15) is 12.0 Å². The molecule has 0 aromatic heterocycles. The second kappa shape index (κ2) is 9.10. The second-order valence-corrected chi connectivity index (χ2v) is 10.3. The average molecular weight is 526 g/mol. The van der Waals surface area contributed by atoms with Crippen molar-refractivity contribution in [1.29, 1.82) is 0 Å². The van der Waals surface area contributed by atoms with Gasteiger partial charge in [0.05, 0.1) is 15.2 Å². The first kappa shape index (κ1) is 29.2. The molecule has 15 heteroatoms. The summed E-state index contributed by atoms with van der Waals surface area (Å²) < 4.78 is 190. The first-order chi connectivity index (χ1) is 14.5. The maximum absolute atomic E-state index is 14.6. The third-order valence-electron chi connectivity index (χ3n) is 4.51. The molecule has 0 radical (unpaired) electrons. The molecule has 0 spiro atoms. The molecule has 0 bridgehead atoms. The number of benzene rings is 1. The van der Waals surface area contributed by atoms with E-state index in [4.69, 9.17) is 0 Å². The standard InChI is InChI=1S/C18H16F14Si/c1-33(2)12(8-10-6-4-3-5-7-10)15(25,26)17(29,30)18(31,32)16(27,28)14(23,24)11(19)9-13(20,21)22/h3-8,11,33H,9H2,1-2H3. The van der Waals surface area contributed by atoms with E-state index in [1.54, 1.807) is 0 Å². The molecule has 1 unspecified atom stereocenters. The van der Waals surface area contributed by atoms with Crippen LogP contribution in [0.3, 0.4) is 0 Å². The molecule has 1 rings (SSSR count). The molecule has 0 fully saturated rings. The molecule has 0 N–H and O–H groups in total. The fraction of sp³-hybridized carbons (Fsp3) is 0.556. The minimum absolute atomic E-state index is 0.237. The lowest BCUT2D eigenvalue weighted by Gasteiger charge is -2.41. The van der Waals surface area contributed by atoms with E-state index in [0.717, 1.165) is 25.2 Å². The number of rotatable bonds is 9. The zero-order chi connectivity index (χ0) is 26.3. The van der Waals surface area contributed by atoms with Crippen LogP contribution >= 0.6 is 0 Å². The van der Waals surface area contributed by atoms with Crippen LogP contribution in [0.25, 0.3) is 6.08 Å². The van der Waals surface area contributed by atoms with Gasteiger partial charge in [-0.25, -0.2) is 4.39 Å². The van der Waals surface area contributed by atoms with E-state index in [1.807, 2.05) is 0 Å². The topological polar surface area (TPSA) is 0 Å². The van der Waals surface area contributed by atoms with Crippen molar-refractivity contribution in [3.05, 3.63) is 41.1 Å². The molecule has 0 saturated heterocycles. The number of allylic oxidation sites excluding steroid dienone is 1. The van der Waals surface area contributed by atoms with Gasteiger partial charge in [0.2, 0.25) is 0 Å². The largest absolute Gasteiger partial charge is 0.392 e. The van der Waals surface area contributed by atoms with E-state index < -0.39 is 62.4 Å². The first-order valence-corrected chi connectivity index (χ1v) is 11.8. The van der Waals surface area contributed by atoms with Crippen molar-refractivity contribution in [2.75, 3.05) is 0 Å². The molecular formula is C18H16F14Si. The van der Waals surface area contributed by atoms with Gasteiger partial charge in [0, 0.05) is 0 Å². The molecule has 0 aliphatic heterocycles. The Morgan fingerprint density at radius 2 is 1.21 bits per heavy atom. The van der Waals surface area contributed by atoms with Crippen molar-refractivity contribution in [3.8, 4) is 0 Å². The Kier molecular flexibility index (Phi) is 8.06. The van der Waals surface area contributed by atoms with Crippen molar-refractivity contribution < 1.29 is 61.5 Å². The van der Waals surface area contributed by atoms with Gasteiger partial charge in [0.25, 0.3) is 0 Å². The normalized spacial score (nSPS) is 16.3. The summed E-state index contributed by atoms with van der Waals surface area (Å²) >= 11 is 0. The third kappa shape index (κ3) is 5.32. The quantitative estimate of drug-likeness (QED) is 0.230. The summed E-state index contributed by atoms with van der Waals surface area (Å²) in [5.41, 5.74) is -0.237. The Hall–Kier alpha value is -1.80. The first-order valence-electron chi connectivity index (χ1n) is 8.91. The predicted octanol–water partition coefficient (Wildman–Crippen LogP) is 7.56. The maximum Gasteiger partial charge on any atom is 0.392 e. The lowest BCUT2D eigenvalue weighted by Crippen LogP contribution is -2.69. The van der Waals surface area contributed by atoms with Gasteiger partial charge < -0.3 is 0 Å². The van der Waals surface area contributed by atoms with Gasteiger partial charge in [-0.2, -0.15) is 57.1 Å². The molecule has 0 heterocycles. The Morgan fingerprint density at radius 3 is 1.61 bits per heavy atom. The van der Waals surface area contributed by atoms with Crippen molar-refractivity contribution in [2.45, 2.75) is 61.5 Å². The molecule has 1 aromatic rings. The van der Waals surface area contributed by atoms with E-state index in [-0.39, 0.29) is 5.56 Å². The summed E-state index contributed by atoms with van der Waals surface area (Å²) in [7, 11) is -3.25. The van der Waals surface area contributed by atoms with Crippen LogP contribution < -0.4 is 0 Å². The second-order valence-electron chi connectivity index (χ2n) is 7.37. The molecule has 0 amide bonds. The monoisotopic (exact) mass is 526 g/mol. The summed E-state index contributed by atoms with van der Waals surface area (Å²) in [4.78, 5) is 0. The third-order valence-corrected chi connectivity index (χ3v) is 6.29. The van der Waals surface area contributed by atoms with Crippen LogP contribution in [0.2, 0.25) is 13.1 Å². The van der Waals surface area contributed by atoms with Gasteiger partial charge in [-0.15, -0.1) is 0 Å². The van der Waals surface area contributed by atoms with Crippen LogP contribution in [0.15, 0.2) is 35.5 Å². The van der Waals surface area contributed by atoms with E-state index in [0.29, 0.717) is 6.08 Å². The lowest BCUT2D eigenvalue weighted by atomic mass is 9.91. The zero-order valence-corrected chi connectivity index (χ0v) is 17.8. The molecule has 1 aromatic carbocycles. The highest BCUT2D eigenvalue weighted by atomic mass is 28.3. The predicted molar refractivity (Wildman–Crippen MR) is 93.6 cm³/mol. The van der Waals surface area contributed by atoms with Gasteiger partial charge in [0.15, 0.2) is 6.17 Å². The number of hydrogen-bond donors (Lipinski definition) is 0. The van der Waals surface area contributed by atoms with E-state index in [9.17, 15) is 61.5 Å². The number of halogens is 14. The maximum atomic E-state index is 14.6. The Morgan fingerprint density at radius 1 is 0.758 bits per heavy atom. The highest BCUT2D eigenvalue weighted by molar-refractivity contribution is 6.65. The van der Waals surface area contributed by atoms with Gasteiger partial charge in [-0.1, -0.05) is 49.5 Å². The summed E-state index contributed by atoms with van der Waals surface area (Å²) in [5, 5.41) is -1.73. The van der Waals surface area contributed by atoms with Gasteiger partial charge in [-0.3, -0.25) is 0 Å². The summed E-state index contributed by atoms with van der Waals surface area (Å²) in [6.45, 7) is 1.84. The molecule has 1 atom stereocenters. The molecule has 33 heavy (non-hydrogen) atoms. The summed E-state index contributed by atoms with van der Waals surface area (Å²) in [6, 6.07) is 5.95. The fourth-order valence-corrected chi connectivity index (χ4v) is 4.09. The van der Waals surface area contributed by atoms with Crippen LogP contribution in [-0.2, 0) is 0 Å². The highest BCUT2D eigenvalue weighted by Gasteiger charge is 2.87. The van der Waals surface area contributed by atoms with Crippen molar-refractivity contribution in [1.82, 2.24) is 0 Å². The van der Waals surface area contributed by atoms with Gasteiger partial charge in [0.1, 0.15) is 0 Å².